The Morgan fingerprint density at radius 2 is 2.38 bits per heavy atom. The molecule has 0 aliphatic carbocycles. The Labute approximate surface area is 74.4 Å². The molecule has 0 aliphatic rings. The van der Waals surface area contributed by atoms with Gasteiger partial charge in [-0.15, -0.1) is 0 Å². The summed E-state index contributed by atoms with van der Waals surface area (Å²) in [5.41, 5.74) is 1.90. The Balaban J connectivity index is 2.79. The van der Waals surface area contributed by atoms with Crippen molar-refractivity contribution in [3.63, 3.8) is 0 Å². The van der Waals surface area contributed by atoms with E-state index in [4.69, 9.17) is 5.11 Å². The maximum atomic E-state index is 10.7. The molecule has 0 radical (unpaired) electrons. The molecule has 0 amide bonds. The number of carboxylic acids is 1. The van der Waals surface area contributed by atoms with Gasteiger partial charge in [-0.1, -0.05) is 0 Å². The maximum Gasteiger partial charge on any atom is 0.339 e. The molecule has 2 aromatic rings. The lowest BCUT2D eigenvalue weighted by atomic mass is 10.2. The van der Waals surface area contributed by atoms with Crippen LogP contribution in [0.1, 0.15) is 15.9 Å². The second kappa shape index (κ2) is 2.58. The van der Waals surface area contributed by atoms with E-state index in [2.05, 4.69) is 5.10 Å². The summed E-state index contributed by atoms with van der Waals surface area (Å²) in [5, 5.41) is 12.7. The normalized spacial score (nSPS) is 10.5. The van der Waals surface area contributed by atoms with E-state index in [1.807, 2.05) is 13.0 Å². The zero-order valence-electron chi connectivity index (χ0n) is 7.06. The first-order chi connectivity index (χ1) is 6.18. The molecule has 0 aliphatic heterocycles. The predicted molar refractivity (Wildman–Crippen MR) is 46.9 cm³/mol. The van der Waals surface area contributed by atoms with Crippen LogP contribution in [0.2, 0.25) is 0 Å². The average molecular weight is 176 g/mol. The third-order valence-corrected chi connectivity index (χ3v) is 1.91. The van der Waals surface area contributed by atoms with Crippen LogP contribution in [0, 0.1) is 6.92 Å². The summed E-state index contributed by atoms with van der Waals surface area (Å²) >= 11 is 0. The lowest BCUT2D eigenvalue weighted by Crippen LogP contribution is -1.95. The molecular formula is C9H8N2O2. The zero-order chi connectivity index (χ0) is 9.42. The van der Waals surface area contributed by atoms with E-state index in [1.165, 1.54) is 6.20 Å². The first-order valence-corrected chi connectivity index (χ1v) is 3.86. The fourth-order valence-electron chi connectivity index (χ4n) is 1.25. The Morgan fingerprint density at radius 3 is 3.08 bits per heavy atom. The van der Waals surface area contributed by atoms with Gasteiger partial charge >= 0.3 is 5.97 Å². The van der Waals surface area contributed by atoms with Gasteiger partial charge in [-0.2, -0.15) is 5.10 Å². The van der Waals surface area contributed by atoms with Gasteiger partial charge in [0.25, 0.3) is 0 Å². The molecule has 2 heterocycles. The zero-order valence-corrected chi connectivity index (χ0v) is 7.06. The summed E-state index contributed by atoms with van der Waals surface area (Å²) in [7, 11) is 0. The predicted octanol–water partition coefficient (Wildman–Crippen LogP) is 1.34. The quantitative estimate of drug-likeness (QED) is 0.713. The second-order valence-corrected chi connectivity index (χ2v) is 2.90. The van der Waals surface area contributed by atoms with Gasteiger partial charge in [-0.05, 0) is 24.6 Å². The van der Waals surface area contributed by atoms with Crippen molar-refractivity contribution in [1.29, 1.82) is 0 Å². The van der Waals surface area contributed by atoms with Gasteiger partial charge in [0.2, 0.25) is 0 Å². The van der Waals surface area contributed by atoms with Gasteiger partial charge in [0.05, 0.1) is 11.7 Å². The van der Waals surface area contributed by atoms with Gasteiger partial charge in [-0.3, -0.25) is 0 Å². The number of fused-ring (bicyclic) bond motifs is 1. The molecule has 4 heteroatoms. The highest BCUT2D eigenvalue weighted by Gasteiger charge is 2.09. The molecule has 2 rings (SSSR count). The molecule has 0 saturated heterocycles. The van der Waals surface area contributed by atoms with Crippen LogP contribution in [0.3, 0.4) is 0 Å². The van der Waals surface area contributed by atoms with Crippen LogP contribution in [0.5, 0.6) is 0 Å². The van der Waals surface area contributed by atoms with Gasteiger partial charge in [0.1, 0.15) is 5.56 Å². The van der Waals surface area contributed by atoms with Crippen molar-refractivity contribution in [2.45, 2.75) is 6.92 Å². The molecule has 2 aromatic heterocycles. The molecule has 4 nitrogen and oxygen atoms in total. The minimum Gasteiger partial charge on any atom is -0.478 e. The summed E-state index contributed by atoms with van der Waals surface area (Å²) in [5.74, 6) is -0.944. The van der Waals surface area contributed by atoms with Crippen LogP contribution in [0.4, 0.5) is 0 Å². The van der Waals surface area contributed by atoms with Crippen molar-refractivity contribution in [2.24, 2.45) is 0 Å². The topological polar surface area (TPSA) is 54.6 Å². The van der Waals surface area contributed by atoms with Gasteiger partial charge in [0.15, 0.2) is 0 Å². The maximum absolute atomic E-state index is 10.7. The number of pyridine rings is 1. The van der Waals surface area contributed by atoms with Crippen molar-refractivity contribution < 1.29 is 9.90 Å². The highest BCUT2D eigenvalue weighted by molar-refractivity contribution is 5.95. The van der Waals surface area contributed by atoms with Crippen molar-refractivity contribution in [3.8, 4) is 0 Å². The number of aromatic nitrogens is 2. The Kier molecular flexibility index (Phi) is 1.55. The fraction of sp³-hybridized carbons (Fsp3) is 0.111. The van der Waals surface area contributed by atoms with Crippen LogP contribution >= 0.6 is 0 Å². The van der Waals surface area contributed by atoms with E-state index in [9.17, 15) is 4.79 Å². The summed E-state index contributed by atoms with van der Waals surface area (Å²) in [6.07, 6.45) is 3.11. The molecule has 0 atom stereocenters. The number of hydrogen-bond donors (Lipinski definition) is 1. The Morgan fingerprint density at radius 1 is 1.62 bits per heavy atom. The second-order valence-electron chi connectivity index (χ2n) is 2.90. The van der Waals surface area contributed by atoms with Gasteiger partial charge in [0, 0.05) is 6.20 Å². The molecule has 0 saturated carbocycles. The molecule has 13 heavy (non-hydrogen) atoms. The standard InChI is InChI=1S/C9H8N2O2/c1-6-2-3-11-8(4-6)7(5-10-11)9(12)13/h2-5H,1H3,(H,12,13). The van der Waals surface area contributed by atoms with Gasteiger partial charge in [-0.25, -0.2) is 9.31 Å². The minimum absolute atomic E-state index is 0.240. The van der Waals surface area contributed by atoms with Crippen molar-refractivity contribution >= 4 is 11.5 Å². The van der Waals surface area contributed by atoms with Gasteiger partial charge < -0.3 is 5.11 Å². The Hall–Kier alpha value is -1.84. The molecular weight excluding hydrogens is 168 g/mol. The molecule has 0 unspecified atom stereocenters. The van der Waals surface area contributed by atoms with Crippen LogP contribution in [-0.2, 0) is 0 Å². The summed E-state index contributed by atoms with van der Waals surface area (Å²) < 4.78 is 1.55. The highest BCUT2D eigenvalue weighted by atomic mass is 16.4. The number of nitrogens with zero attached hydrogens (tertiary/aromatic N) is 2. The first-order valence-electron chi connectivity index (χ1n) is 3.86. The first kappa shape index (κ1) is 7.79. The van der Waals surface area contributed by atoms with E-state index >= 15 is 0 Å². The number of aromatic carboxylic acids is 1. The van der Waals surface area contributed by atoms with E-state index in [-0.39, 0.29) is 5.56 Å². The van der Waals surface area contributed by atoms with Crippen LogP contribution < -0.4 is 0 Å². The number of rotatable bonds is 1. The number of aryl methyl sites for hydroxylation is 1. The van der Waals surface area contributed by atoms with E-state index in [0.717, 1.165) is 5.56 Å². The number of hydrogen-bond acceptors (Lipinski definition) is 2. The van der Waals surface area contributed by atoms with Crippen LogP contribution in [0.25, 0.3) is 5.52 Å². The smallest absolute Gasteiger partial charge is 0.339 e. The minimum atomic E-state index is -0.944. The summed E-state index contributed by atoms with van der Waals surface area (Å²) in [6.45, 7) is 1.92. The molecule has 1 N–H and O–H groups in total. The lowest BCUT2D eigenvalue weighted by Gasteiger charge is -1.95. The summed E-state index contributed by atoms with van der Waals surface area (Å²) in [6, 6.07) is 3.68. The van der Waals surface area contributed by atoms with Crippen molar-refractivity contribution in [1.82, 2.24) is 9.61 Å². The SMILES string of the molecule is Cc1ccn2ncc(C(=O)O)c2c1. The summed E-state index contributed by atoms with van der Waals surface area (Å²) in [4.78, 5) is 10.7. The number of carbonyl (C=O) groups is 1. The molecule has 0 aromatic carbocycles. The molecule has 0 spiro atoms. The van der Waals surface area contributed by atoms with Crippen LogP contribution in [-0.4, -0.2) is 20.7 Å². The fourth-order valence-corrected chi connectivity index (χ4v) is 1.25. The average Bonchev–Trinajstić information content (AvgIpc) is 2.46. The molecule has 0 bridgehead atoms. The molecule has 0 fully saturated rings. The third-order valence-electron chi connectivity index (χ3n) is 1.91. The number of carboxylic acid groups (broad SMARTS) is 1. The van der Waals surface area contributed by atoms with Crippen LogP contribution in [0.15, 0.2) is 24.5 Å². The van der Waals surface area contributed by atoms with E-state index in [1.54, 1.807) is 16.8 Å². The molecule has 66 valence electrons. The van der Waals surface area contributed by atoms with E-state index < -0.39 is 5.97 Å². The lowest BCUT2D eigenvalue weighted by molar-refractivity contribution is 0.0699. The Bertz CT molecular complexity index is 473. The largest absolute Gasteiger partial charge is 0.478 e. The monoisotopic (exact) mass is 176 g/mol. The third kappa shape index (κ3) is 1.16. The highest BCUT2D eigenvalue weighted by Crippen LogP contribution is 2.11. The van der Waals surface area contributed by atoms with Crippen molar-refractivity contribution in [3.05, 3.63) is 35.7 Å². The van der Waals surface area contributed by atoms with E-state index in [0.29, 0.717) is 5.52 Å². The van der Waals surface area contributed by atoms with Crippen molar-refractivity contribution in [2.75, 3.05) is 0 Å².